The standard InChI is InChI=1S/C21H42N4O2.HI/c1-6-22-20(25(5)17-19(26)24-21(2,3)4)23-15-11-12-16-27-18-13-9-7-8-10-14-18;/h18H,6-17H2,1-5H3,(H,22,23)(H,24,26);1H. The van der Waals surface area contributed by atoms with Gasteiger partial charge < -0.3 is 20.3 Å². The van der Waals surface area contributed by atoms with Crippen molar-refractivity contribution in [1.29, 1.82) is 0 Å². The molecule has 6 nitrogen and oxygen atoms in total. The Kier molecular flexibility index (Phi) is 15.0. The molecule has 2 N–H and O–H groups in total. The summed E-state index contributed by atoms with van der Waals surface area (Å²) < 4.78 is 6.04. The van der Waals surface area contributed by atoms with Crippen molar-refractivity contribution in [3.63, 3.8) is 0 Å². The Morgan fingerprint density at radius 3 is 2.36 bits per heavy atom. The second-order valence-electron chi connectivity index (χ2n) is 8.58. The third kappa shape index (κ3) is 13.6. The number of hydrogen-bond acceptors (Lipinski definition) is 3. The predicted molar refractivity (Wildman–Crippen MR) is 129 cm³/mol. The van der Waals surface area contributed by atoms with E-state index >= 15 is 0 Å². The van der Waals surface area contributed by atoms with Gasteiger partial charge in [-0.3, -0.25) is 9.79 Å². The number of amides is 1. The minimum absolute atomic E-state index is 0. The van der Waals surface area contributed by atoms with Gasteiger partial charge in [-0.05, 0) is 53.4 Å². The molecule has 1 aliphatic rings. The van der Waals surface area contributed by atoms with Crippen LogP contribution < -0.4 is 10.6 Å². The normalized spacial score (nSPS) is 16.1. The number of hydrogen-bond donors (Lipinski definition) is 2. The molecule has 0 unspecified atom stereocenters. The van der Waals surface area contributed by atoms with Crippen molar-refractivity contribution >= 4 is 35.8 Å². The van der Waals surface area contributed by atoms with Crippen LogP contribution in [0.25, 0.3) is 0 Å². The van der Waals surface area contributed by atoms with Gasteiger partial charge >= 0.3 is 0 Å². The van der Waals surface area contributed by atoms with Crippen molar-refractivity contribution < 1.29 is 9.53 Å². The maximum Gasteiger partial charge on any atom is 0.240 e. The van der Waals surface area contributed by atoms with Crippen LogP contribution in [0.15, 0.2) is 4.99 Å². The Labute approximate surface area is 189 Å². The fourth-order valence-electron chi connectivity index (χ4n) is 3.28. The first kappa shape index (κ1) is 27.4. The molecule has 0 aromatic rings. The van der Waals surface area contributed by atoms with Crippen LogP contribution in [-0.4, -0.2) is 61.7 Å². The van der Waals surface area contributed by atoms with Crippen molar-refractivity contribution in [2.45, 2.75) is 90.7 Å². The van der Waals surface area contributed by atoms with Crippen molar-refractivity contribution in [1.82, 2.24) is 15.5 Å². The van der Waals surface area contributed by atoms with E-state index in [1.165, 1.54) is 38.5 Å². The van der Waals surface area contributed by atoms with Crippen LogP contribution in [0.2, 0.25) is 0 Å². The van der Waals surface area contributed by atoms with E-state index in [0.29, 0.717) is 12.6 Å². The predicted octanol–water partition coefficient (Wildman–Crippen LogP) is 3.94. The molecule has 0 aromatic heterocycles. The molecule has 7 heteroatoms. The highest BCUT2D eigenvalue weighted by atomic mass is 127. The molecule has 0 aromatic carbocycles. The van der Waals surface area contributed by atoms with Gasteiger partial charge in [0.05, 0.1) is 12.6 Å². The summed E-state index contributed by atoms with van der Waals surface area (Å²) in [6, 6.07) is 0. The second kappa shape index (κ2) is 15.3. The molecule has 0 saturated heterocycles. The van der Waals surface area contributed by atoms with Crippen LogP contribution >= 0.6 is 24.0 Å². The molecule has 1 saturated carbocycles. The lowest BCUT2D eigenvalue weighted by Gasteiger charge is -2.25. The van der Waals surface area contributed by atoms with E-state index in [-0.39, 0.29) is 35.4 Å². The second-order valence-corrected chi connectivity index (χ2v) is 8.58. The minimum Gasteiger partial charge on any atom is -0.378 e. The first-order chi connectivity index (χ1) is 12.8. The fourth-order valence-corrected chi connectivity index (χ4v) is 3.28. The third-order valence-electron chi connectivity index (χ3n) is 4.56. The first-order valence-corrected chi connectivity index (χ1v) is 10.7. The summed E-state index contributed by atoms with van der Waals surface area (Å²) in [5.74, 6) is 0.790. The Hall–Kier alpha value is -0.570. The maximum absolute atomic E-state index is 12.1. The zero-order valence-corrected chi connectivity index (χ0v) is 21.0. The quantitative estimate of drug-likeness (QED) is 0.162. The Morgan fingerprint density at radius 1 is 1.14 bits per heavy atom. The van der Waals surface area contributed by atoms with Crippen LogP contribution in [0.1, 0.15) is 79.1 Å². The first-order valence-electron chi connectivity index (χ1n) is 10.7. The lowest BCUT2D eigenvalue weighted by molar-refractivity contribution is -0.122. The van der Waals surface area contributed by atoms with Gasteiger partial charge in [-0.25, -0.2) is 0 Å². The summed E-state index contributed by atoms with van der Waals surface area (Å²) in [4.78, 5) is 18.7. The molecule has 0 spiro atoms. The molecule has 28 heavy (non-hydrogen) atoms. The molecule has 166 valence electrons. The molecule has 1 fully saturated rings. The number of carbonyl (C=O) groups excluding carboxylic acids is 1. The maximum atomic E-state index is 12.1. The van der Waals surface area contributed by atoms with Gasteiger partial charge in [-0.1, -0.05) is 25.7 Å². The van der Waals surface area contributed by atoms with Crippen LogP contribution in [0.3, 0.4) is 0 Å². The van der Waals surface area contributed by atoms with Gasteiger partial charge in [-0.2, -0.15) is 0 Å². The van der Waals surface area contributed by atoms with Crippen LogP contribution in [0.4, 0.5) is 0 Å². The highest BCUT2D eigenvalue weighted by Gasteiger charge is 2.16. The SMILES string of the molecule is CCNC(=NCCCCOC1CCCCCC1)N(C)CC(=O)NC(C)(C)C.I. The summed E-state index contributed by atoms with van der Waals surface area (Å²) >= 11 is 0. The van der Waals surface area contributed by atoms with E-state index in [0.717, 1.165) is 38.5 Å². The Bertz CT molecular complexity index is 444. The Balaban J connectivity index is 0.00000729. The van der Waals surface area contributed by atoms with Gasteiger partial charge in [-0.15, -0.1) is 24.0 Å². The molecule has 0 radical (unpaired) electrons. The molecule has 1 rings (SSSR count). The Morgan fingerprint density at radius 2 is 1.79 bits per heavy atom. The van der Waals surface area contributed by atoms with E-state index in [1.54, 1.807) is 0 Å². The van der Waals surface area contributed by atoms with Crippen molar-refractivity contribution in [3.05, 3.63) is 0 Å². The molecule has 0 atom stereocenters. The summed E-state index contributed by atoms with van der Waals surface area (Å²) in [5.41, 5.74) is -0.217. The minimum atomic E-state index is -0.217. The lowest BCUT2D eigenvalue weighted by atomic mass is 10.1. The number of nitrogens with one attached hydrogen (secondary N) is 2. The zero-order valence-electron chi connectivity index (χ0n) is 18.7. The zero-order chi connectivity index (χ0) is 20.1. The molecule has 0 aliphatic heterocycles. The fraction of sp³-hybridized carbons (Fsp3) is 0.905. The van der Waals surface area contributed by atoms with Gasteiger partial charge in [0.25, 0.3) is 0 Å². The number of halogens is 1. The highest BCUT2D eigenvalue weighted by Crippen LogP contribution is 2.19. The number of unbranched alkanes of at least 4 members (excludes halogenated alkanes) is 1. The topological polar surface area (TPSA) is 66.0 Å². The highest BCUT2D eigenvalue weighted by molar-refractivity contribution is 14.0. The van der Waals surface area contributed by atoms with Crippen molar-refractivity contribution in [3.8, 4) is 0 Å². The summed E-state index contributed by atoms with van der Waals surface area (Å²) in [5, 5.41) is 6.25. The third-order valence-corrected chi connectivity index (χ3v) is 4.56. The number of guanidine groups is 1. The lowest BCUT2D eigenvalue weighted by Crippen LogP contribution is -2.48. The van der Waals surface area contributed by atoms with Gasteiger partial charge in [0.2, 0.25) is 5.91 Å². The number of ether oxygens (including phenoxy) is 1. The molecular formula is C21H43IN4O2. The molecule has 1 aliphatic carbocycles. The van der Waals surface area contributed by atoms with E-state index in [2.05, 4.69) is 15.6 Å². The molecule has 0 bridgehead atoms. The van der Waals surface area contributed by atoms with E-state index in [4.69, 9.17) is 4.74 Å². The largest absolute Gasteiger partial charge is 0.378 e. The summed E-state index contributed by atoms with van der Waals surface area (Å²) in [7, 11) is 1.90. The number of aliphatic imine (C=N–C) groups is 1. The number of likely N-dealkylation sites (N-methyl/N-ethyl adjacent to an activating group) is 1. The van der Waals surface area contributed by atoms with E-state index in [1.807, 2.05) is 39.6 Å². The number of nitrogens with zero attached hydrogens (tertiary/aromatic N) is 2. The van der Waals surface area contributed by atoms with Gasteiger partial charge in [0, 0.05) is 32.3 Å². The van der Waals surface area contributed by atoms with Gasteiger partial charge in [0.15, 0.2) is 5.96 Å². The molecule has 1 amide bonds. The van der Waals surface area contributed by atoms with Crippen LogP contribution in [-0.2, 0) is 9.53 Å². The summed E-state index contributed by atoms with van der Waals surface area (Å²) in [6.07, 6.45) is 10.3. The van der Waals surface area contributed by atoms with E-state index in [9.17, 15) is 4.79 Å². The summed E-state index contributed by atoms with van der Waals surface area (Å²) in [6.45, 7) is 10.7. The van der Waals surface area contributed by atoms with Crippen molar-refractivity contribution in [2.24, 2.45) is 4.99 Å². The molecule has 0 heterocycles. The van der Waals surface area contributed by atoms with E-state index < -0.39 is 0 Å². The number of carbonyl (C=O) groups is 1. The van der Waals surface area contributed by atoms with Crippen molar-refractivity contribution in [2.75, 3.05) is 33.3 Å². The average molecular weight is 511 g/mol. The van der Waals surface area contributed by atoms with Crippen LogP contribution in [0.5, 0.6) is 0 Å². The smallest absolute Gasteiger partial charge is 0.240 e. The average Bonchev–Trinajstić information content (AvgIpc) is 2.83. The monoisotopic (exact) mass is 510 g/mol. The van der Waals surface area contributed by atoms with Gasteiger partial charge in [0.1, 0.15) is 0 Å². The van der Waals surface area contributed by atoms with Crippen LogP contribution in [0, 0.1) is 0 Å². The number of rotatable bonds is 9. The molecular weight excluding hydrogens is 467 g/mol.